The fourth-order valence-electron chi connectivity index (χ4n) is 3.73. The van der Waals surface area contributed by atoms with Crippen molar-refractivity contribution in [2.75, 3.05) is 23.3 Å². The summed E-state index contributed by atoms with van der Waals surface area (Å²) in [5.41, 5.74) is 3.68. The molecular formula is C23H25FN4O. The van der Waals surface area contributed by atoms with Gasteiger partial charge in [0.05, 0.1) is 30.2 Å². The largest absolute Gasteiger partial charge is 0.393 e. The lowest BCUT2D eigenvalue weighted by Crippen LogP contribution is -2.36. The monoisotopic (exact) mass is 392 g/mol. The molecule has 0 spiro atoms. The Labute approximate surface area is 170 Å². The molecule has 0 saturated carbocycles. The summed E-state index contributed by atoms with van der Waals surface area (Å²) in [6.45, 7) is 3.51. The van der Waals surface area contributed by atoms with E-state index in [9.17, 15) is 9.50 Å². The van der Waals surface area contributed by atoms with Crippen LogP contribution in [0.2, 0.25) is 0 Å². The van der Waals surface area contributed by atoms with Crippen LogP contribution in [0.3, 0.4) is 0 Å². The van der Waals surface area contributed by atoms with Crippen LogP contribution in [0.1, 0.15) is 31.4 Å². The van der Waals surface area contributed by atoms with Gasteiger partial charge in [0.1, 0.15) is 11.6 Å². The first-order chi connectivity index (χ1) is 14.1. The Morgan fingerprint density at radius 2 is 1.83 bits per heavy atom. The van der Waals surface area contributed by atoms with Crippen LogP contribution in [0, 0.1) is 5.82 Å². The first-order valence-corrected chi connectivity index (χ1v) is 9.96. The molecule has 2 N–H and O–H groups in total. The van der Waals surface area contributed by atoms with E-state index in [1.54, 1.807) is 18.5 Å². The maximum atomic E-state index is 14.0. The van der Waals surface area contributed by atoms with E-state index in [0.29, 0.717) is 5.82 Å². The molecule has 5 nitrogen and oxygen atoms in total. The highest BCUT2D eigenvalue weighted by Crippen LogP contribution is 2.31. The minimum absolute atomic E-state index is 0.149. The van der Waals surface area contributed by atoms with Crippen molar-refractivity contribution in [1.82, 2.24) is 9.97 Å². The molecule has 1 unspecified atom stereocenters. The molecule has 1 fully saturated rings. The third kappa shape index (κ3) is 4.54. The number of nitrogens with zero attached hydrogens (tertiary/aromatic N) is 3. The summed E-state index contributed by atoms with van der Waals surface area (Å²) in [5, 5.41) is 13.1. The second kappa shape index (κ2) is 8.57. The predicted molar refractivity (Wildman–Crippen MR) is 113 cm³/mol. The molecule has 2 heterocycles. The number of halogens is 1. The summed E-state index contributed by atoms with van der Waals surface area (Å²) < 4.78 is 14.0. The topological polar surface area (TPSA) is 61.3 Å². The minimum atomic E-state index is -0.264. The molecule has 0 bridgehead atoms. The van der Waals surface area contributed by atoms with Gasteiger partial charge in [-0.05, 0) is 38.0 Å². The first-order valence-electron chi connectivity index (χ1n) is 9.96. The minimum Gasteiger partial charge on any atom is -0.393 e. The fourth-order valence-corrected chi connectivity index (χ4v) is 3.73. The van der Waals surface area contributed by atoms with E-state index in [0.717, 1.165) is 48.4 Å². The number of aromatic nitrogens is 2. The van der Waals surface area contributed by atoms with Gasteiger partial charge < -0.3 is 15.3 Å². The van der Waals surface area contributed by atoms with Crippen LogP contribution in [0.5, 0.6) is 0 Å². The molecule has 0 amide bonds. The average Bonchev–Trinajstić information content (AvgIpc) is 2.75. The zero-order chi connectivity index (χ0) is 20.2. The molecule has 150 valence electrons. The summed E-state index contributed by atoms with van der Waals surface area (Å²) in [6.07, 6.45) is 4.65. The number of rotatable bonds is 5. The third-order valence-corrected chi connectivity index (χ3v) is 5.35. The van der Waals surface area contributed by atoms with Gasteiger partial charge in [-0.3, -0.25) is 4.98 Å². The Bertz CT molecular complexity index is 941. The molecular weight excluding hydrogens is 367 g/mol. The molecule has 29 heavy (non-hydrogen) atoms. The van der Waals surface area contributed by atoms with Crippen molar-refractivity contribution in [1.29, 1.82) is 0 Å². The lowest BCUT2D eigenvalue weighted by Gasteiger charge is -2.34. The lowest BCUT2D eigenvalue weighted by molar-refractivity contribution is 0.145. The number of hydrogen-bond donors (Lipinski definition) is 2. The number of nitrogens with one attached hydrogen (secondary N) is 1. The second-order valence-corrected chi connectivity index (χ2v) is 7.44. The number of hydrogen-bond acceptors (Lipinski definition) is 5. The van der Waals surface area contributed by atoms with E-state index in [1.165, 1.54) is 6.07 Å². The normalized spacial score (nSPS) is 15.9. The quantitative estimate of drug-likeness (QED) is 0.673. The molecule has 1 aliphatic heterocycles. The molecule has 1 aliphatic rings. The highest BCUT2D eigenvalue weighted by Gasteiger charge is 2.22. The van der Waals surface area contributed by atoms with E-state index >= 15 is 0 Å². The summed E-state index contributed by atoms with van der Waals surface area (Å²) in [6, 6.07) is 14.6. The van der Waals surface area contributed by atoms with E-state index in [1.807, 2.05) is 43.3 Å². The molecule has 3 aromatic rings. The van der Waals surface area contributed by atoms with Crippen LogP contribution in [0.4, 0.5) is 15.9 Å². The number of anilines is 2. The molecule has 0 aliphatic carbocycles. The van der Waals surface area contributed by atoms with E-state index in [2.05, 4.69) is 20.2 Å². The van der Waals surface area contributed by atoms with Crippen LogP contribution >= 0.6 is 0 Å². The maximum absolute atomic E-state index is 14.0. The third-order valence-electron chi connectivity index (χ3n) is 5.35. The van der Waals surface area contributed by atoms with Gasteiger partial charge >= 0.3 is 0 Å². The van der Waals surface area contributed by atoms with Crippen molar-refractivity contribution in [2.24, 2.45) is 0 Å². The molecule has 0 radical (unpaired) electrons. The average molecular weight is 392 g/mol. The maximum Gasteiger partial charge on any atom is 0.144 e. The SMILES string of the molecule is CC(Nc1cnc(-c2ccccc2)cn1)c1cc(F)ccc1N1CCC(O)CC1. The Kier molecular flexibility index (Phi) is 5.71. The number of benzene rings is 2. The summed E-state index contributed by atoms with van der Waals surface area (Å²) in [7, 11) is 0. The number of piperidine rings is 1. The zero-order valence-electron chi connectivity index (χ0n) is 16.4. The summed E-state index contributed by atoms with van der Waals surface area (Å²) in [5.74, 6) is 0.376. The summed E-state index contributed by atoms with van der Waals surface area (Å²) in [4.78, 5) is 11.2. The van der Waals surface area contributed by atoms with Crippen molar-refractivity contribution in [3.63, 3.8) is 0 Å². The van der Waals surface area contributed by atoms with E-state index in [4.69, 9.17) is 0 Å². The Balaban J connectivity index is 1.52. The van der Waals surface area contributed by atoms with E-state index in [-0.39, 0.29) is 18.0 Å². The highest BCUT2D eigenvalue weighted by atomic mass is 19.1. The Morgan fingerprint density at radius 3 is 2.52 bits per heavy atom. The Morgan fingerprint density at radius 1 is 1.07 bits per heavy atom. The van der Waals surface area contributed by atoms with Crippen LogP contribution in [0.15, 0.2) is 60.9 Å². The highest BCUT2D eigenvalue weighted by molar-refractivity contribution is 5.60. The lowest BCUT2D eigenvalue weighted by atomic mass is 10.0. The van der Waals surface area contributed by atoms with Crippen LogP contribution in [0.25, 0.3) is 11.3 Å². The van der Waals surface area contributed by atoms with Gasteiger partial charge in [-0.15, -0.1) is 0 Å². The van der Waals surface area contributed by atoms with Crippen molar-refractivity contribution in [3.05, 3.63) is 72.3 Å². The van der Waals surface area contributed by atoms with Gasteiger partial charge in [0.2, 0.25) is 0 Å². The van der Waals surface area contributed by atoms with Gasteiger partial charge in [-0.25, -0.2) is 9.37 Å². The number of aliphatic hydroxyl groups excluding tert-OH is 1. The Hall–Kier alpha value is -2.99. The van der Waals surface area contributed by atoms with Gasteiger partial charge in [0.15, 0.2) is 0 Å². The molecule has 1 saturated heterocycles. The van der Waals surface area contributed by atoms with Gasteiger partial charge in [-0.2, -0.15) is 0 Å². The van der Waals surface area contributed by atoms with Crippen molar-refractivity contribution in [2.45, 2.75) is 31.9 Å². The number of aliphatic hydroxyl groups is 1. The van der Waals surface area contributed by atoms with Crippen LogP contribution in [-0.4, -0.2) is 34.3 Å². The van der Waals surface area contributed by atoms with Crippen LogP contribution < -0.4 is 10.2 Å². The van der Waals surface area contributed by atoms with Gasteiger partial charge in [-0.1, -0.05) is 30.3 Å². The summed E-state index contributed by atoms with van der Waals surface area (Å²) >= 11 is 0. The molecule has 6 heteroatoms. The van der Waals surface area contributed by atoms with E-state index < -0.39 is 0 Å². The van der Waals surface area contributed by atoms with Gasteiger partial charge in [0.25, 0.3) is 0 Å². The standard InChI is InChI=1S/C23H25FN4O/c1-16(27-23-15-25-21(14-26-23)17-5-3-2-4-6-17)20-13-18(24)7-8-22(20)28-11-9-19(29)10-12-28/h2-8,13-16,19,29H,9-12H2,1H3,(H,26,27). The fraction of sp³-hybridized carbons (Fsp3) is 0.304. The van der Waals surface area contributed by atoms with Gasteiger partial charge in [0, 0.05) is 29.9 Å². The molecule has 2 aromatic carbocycles. The van der Waals surface area contributed by atoms with Crippen LogP contribution in [-0.2, 0) is 0 Å². The predicted octanol–water partition coefficient (Wildman–Crippen LogP) is 4.42. The molecule has 1 aromatic heterocycles. The molecule has 1 atom stereocenters. The zero-order valence-corrected chi connectivity index (χ0v) is 16.4. The van der Waals surface area contributed by atoms with Crippen molar-refractivity contribution >= 4 is 11.5 Å². The smallest absolute Gasteiger partial charge is 0.144 e. The van der Waals surface area contributed by atoms with Crippen molar-refractivity contribution < 1.29 is 9.50 Å². The second-order valence-electron chi connectivity index (χ2n) is 7.44. The van der Waals surface area contributed by atoms with Crippen molar-refractivity contribution in [3.8, 4) is 11.3 Å². The molecule has 4 rings (SSSR count). The first kappa shape index (κ1) is 19.3.